The van der Waals surface area contributed by atoms with Crippen molar-refractivity contribution in [2.45, 2.75) is 45.7 Å². The predicted molar refractivity (Wildman–Crippen MR) is 78.0 cm³/mol. The smallest absolute Gasteiger partial charge is 0.246 e. The Morgan fingerprint density at radius 2 is 1.95 bits per heavy atom. The highest BCUT2D eigenvalue weighted by Crippen LogP contribution is 2.29. The number of amides is 2. The van der Waals surface area contributed by atoms with E-state index in [0.717, 1.165) is 11.1 Å². The summed E-state index contributed by atoms with van der Waals surface area (Å²) in [5, 5.41) is 2.66. The molecular weight excluding hydrogens is 271 g/mol. The molecule has 1 heterocycles. The standard InChI is InChI=1S/C16H21FN2O2/c1-4-16(5-2)15(21)18-9-14(20)19(16)10-12-8-13(17)7-6-11(12)3/h6-8H,4-5,9-10H2,1-3H3,(H,18,21). The molecule has 1 aromatic rings. The summed E-state index contributed by atoms with van der Waals surface area (Å²) in [5.74, 6) is -0.578. The number of piperazine rings is 1. The molecule has 1 N–H and O–H groups in total. The van der Waals surface area contributed by atoms with E-state index in [2.05, 4.69) is 5.32 Å². The number of rotatable bonds is 4. The number of nitrogens with zero attached hydrogens (tertiary/aromatic N) is 1. The lowest BCUT2D eigenvalue weighted by molar-refractivity contribution is -0.155. The van der Waals surface area contributed by atoms with Gasteiger partial charge in [-0.15, -0.1) is 0 Å². The van der Waals surface area contributed by atoms with Crippen LogP contribution in [0.5, 0.6) is 0 Å². The van der Waals surface area contributed by atoms with Crippen molar-refractivity contribution >= 4 is 11.8 Å². The minimum Gasteiger partial charge on any atom is -0.345 e. The molecule has 2 rings (SSSR count). The fraction of sp³-hybridized carbons (Fsp3) is 0.500. The molecule has 4 nitrogen and oxygen atoms in total. The van der Waals surface area contributed by atoms with Crippen LogP contribution in [0, 0.1) is 12.7 Å². The summed E-state index contributed by atoms with van der Waals surface area (Å²) >= 11 is 0. The quantitative estimate of drug-likeness (QED) is 0.924. The van der Waals surface area contributed by atoms with Crippen LogP contribution in [-0.4, -0.2) is 28.8 Å². The number of aryl methyl sites for hydroxylation is 1. The average molecular weight is 292 g/mol. The first-order valence-corrected chi connectivity index (χ1v) is 7.28. The molecular formula is C16H21FN2O2. The maximum absolute atomic E-state index is 13.4. The zero-order chi connectivity index (χ0) is 15.6. The first kappa shape index (κ1) is 15.5. The Morgan fingerprint density at radius 1 is 1.29 bits per heavy atom. The molecule has 0 bridgehead atoms. The van der Waals surface area contributed by atoms with Gasteiger partial charge in [0, 0.05) is 6.54 Å². The summed E-state index contributed by atoms with van der Waals surface area (Å²) in [6.45, 7) is 5.94. The van der Waals surface area contributed by atoms with Crippen molar-refractivity contribution in [3.05, 3.63) is 35.1 Å². The van der Waals surface area contributed by atoms with Gasteiger partial charge in [0.15, 0.2) is 0 Å². The third kappa shape index (κ3) is 2.64. The Labute approximate surface area is 124 Å². The highest BCUT2D eigenvalue weighted by atomic mass is 19.1. The Hall–Kier alpha value is -1.91. The van der Waals surface area contributed by atoms with Crippen LogP contribution >= 0.6 is 0 Å². The fourth-order valence-corrected chi connectivity index (χ4v) is 2.95. The van der Waals surface area contributed by atoms with Gasteiger partial charge in [-0.2, -0.15) is 0 Å². The van der Waals surface area contributed by atoms with E-state index in [4.69, 9.17) is 0 Å². The van der Waals surface area contributed by atoms with Crippen LogP contribution in [0.2, 0.25) is 0 Å². The van der Waals surface area contributed by atoms with Gasteiger partial charge >= 0.3 is 0 Å². The molecule has 0 aromatic heterocycles. The SMILES string of the molecule is CCC1(CC)C(=O)NCC(=O)N1Cc1cc(F)ccc1C. The van der Waals surface area contributed by atoms with E-state index in [-0.39, 0.29) is 30.7 Å². The third-order valence-corrected chi connectivity index (χ3v) is 4.45. The van der Waals surface area contributed by atoms with Gasteiger partial charge in [-0.25, -0.2) is 4.39 Å². The number of hydrogen-bond acceptors (Lipinski definition) is 2. The lowest BCUT2D eigenvalue weighted by Crippen LogP contribution is -2.66. The van der Waals surface area contributed by atoms with Gasteiger partial charge in [0.25, 0.3) is 0 Å². The van der Waals surface area contributed by atoms with Gasteiger partial charge in [0.05, 0.1) is 6.54 Å². The maximum atomic E-state index is 13.4. The number of carbonyl (C=O) groups is 2. The average Bonchev–Trinajstić information content (AvgIpc) is 2.47. The number of benzene rings is 1. The second-order valence-corrected chi connectivity index (χ2v) is 5.47. The highest BCUT2D eigenvalue weighted by Gasteiger charge is 2.46. The Bertz CT molecular complexity index is 567. The van der Waals surface area contributed by atoms with E-state index >= 15 is 0 Å². The molecule has 0 spiro atoms. The van der Waals surface area contributed by atoms with Gasteiger partial charge in [0.2, 0.25) is 11.8 Å². The number of carbonyl (C=O) groups excluding carboxylic acids is 2. The predicted octanol–water partition coefficient (Wildman–Crippen LogP) is 2.15. The molecule has 1 fully saturated rings. The fourth-order valence-electron chi connectivity index (χ4n) is 2.95. The van der Waals surface area contributed by atoms with Crippen LogP contribution in [0.1, 0.15) is 37.8 Å². The number of halogens is 1. The monoisotopic (exact) mass is 292 g/mol. The first-order chi connectivity index (χ1) is 9.94. The van der Waals surface area contributed by atoms with Crippen LogP contribution in [0.4, 0.5) is 4.39 Å². The topological polar surface area (TPSA) is 49.4 Å². The zero-order valence-electron chi connectivity index (χ0n) is 12.7. The van der Waals surface area contributed by atoms with Gasteiger partial charge < -0.3 is 10.2 Å². The second-order valence-electron chi connectivity index (χ2n) is 5.47. The summed E-state index contributed by atoms with van der Waals surface area (Å²) in [6.07, 6.45) is 1.07. The summed E-state index contributed by atoms with van der Waals surface area (Å²) in [7, 11) is 0. The minimum absolute atomic E-state index is 0.00888. The van der Waals surface area contributed by atoms with Crippen molar-refractivity contribution in [1.29, 1.82) is 0 Å². The van der Waals surface area contributed by atoms with Crippen molar-refractivity contribution in [2.75, 3.05) is 6.54 Å². The molecule has 0 radical (unpaired) electrons. The lowest BCUT2D eigenvalue weighted by Gasteiger charge is -2.45. The lowest BCUT2D eigenvalue weighted by atomic mass is 9.86. The van der Waals surface area contributed by atoms with Crippen molar-refractivity contribution in [1.82, 2.24) is 10.2 Å². The normalized spacial score (nSPS) is 17.8. The summed E-state index contributed by atoms with van der Waals surface area (Å²) in [4.78, 5) is 26.2. The van der Waals surface area contributed by atoms with Crippen LogP contribution < -0.4 is 5.32 Å². The van der Waals surface area contributed by atoms with E-state index in [1.54, 1.807) is 11.0 Å². The van der Waals surface area contributed by atoms with Gasteiger partial charge in [-0.05, 0) is 43.0 Å². The van der Waals surface area contributed by atoms with Crippen molar-refractivity contribution in [2.24, 2.45) is 0 Å². The Balaban J connectivity index is 2.40. The number of nitrogens with one attached hydrogen (secondary N) is 1. The van der Waals surface area contributed by atoms with E-state index < -0.39 is 5.54 Å². The van der Waals surface area contributed by atoms with Gasteiger partial charge in [0.1, 0.15) is 11.4 Å². The largest absolute Gasteiger partial charge is 0.345 e. The van der Waals surface area contributed by atoms with E-state index in [1.807, 2.05) is 20.8 Å². The van der Waals surface area contributed by atoms with E-state index in [9.17, 15) is 14.0 Å². The number of hydrogen-bond donors (Lipinski definition) is 1. The Morgan fingerprint density at radius 3 is 2.57 bits per heavy atom. The Kier molecular flexibility index (Phi) is 4.30. The van der Waals surface area contributed by atoms with Crippen molar-refractivity contribution < 1.29 is 14.0 Å². The zero-order valence-corrected chi connectivity index (χ0v) is 12.7. The minimum atomic E-state index is -0.839. The molecule has 114 valence electrons. The van der Waals surface area contributed by atoms with E-state index in [1.165, 1.54) is 12.1 Å². The van der Waals surface area contributed by atoms with Gasteiger partial charge in [-0.1, -0.05) is 19.9 Å². The molecule has 1 aromatic carbocycles. The first-order valence-electron chi connectivity index (χ1n) is 7.28. The summed E-state index contributed by atoms with van der Waals surface area (Å²) in [5.41, 5.74) is 0.814. The van der Waals surface area contributed by atoms with Crippen molar-refractivity contribution in [3.8, 4) is 0 Å². The molecule has 2 amide bonds. The molecule has 0 aliphatic carbocycles. The summed E-state index contributed by atoms with van der Waals surface area (Å²) in [6, 6.07) is 4.53. The highest BCUT2D eigenvalue weighted by molar-refractivity contribution is 5.97. The maximum Gasteiger partial charge on any atom is 0.246 e. The van der Waals surface area contributed by atoms with E-state index in [0.29, 0.717) is 12.8 Å². The second kappa shape index (κ2) is 5.84. The molecule has 0 saturated carbocycles. The molecule has 1 aliphatic heterocycles. The van der Waals surface area contributed by atoms with Crippen LogP contribution in [-0.2, 0) is 16.1 Å². The molecule has 1 saturated heterocycles. The van der Waals surface area contributed by atoms with Crippen LogP contribution in [0.3, 0.4) is 0 Å². The van der Waals surface area contributed by atoms with Gasteiger partial charge in [-0.3, -0.25) is 9.59 Å². The molecule has 5 heteroatoms. The van der Waals surface area contributed by atoms with Crippen LogP contribution in [0.15, 0.2) is 18.2 Å². The van der Waals surface area contributed by atoms with Crippen LogP contribution in [0.25, 0.3) is 0 Å². The molecule has 1 aliphatic rings. The summed E-state index contributed by atoms with van der Waals surface area (Å²) < 4.78 is 13.4. The third-order valence-electron chi connectivity index (χ3n) is 4.45. The molecule has 21 heavy (non-hydrogen) atoms. The van der Waals surface area contributed by atoms with Crippen molar-refractivity contribution in [3.63, 3.8) is 0 Å². The molecule has 0 unspecified atom stereocenters. The molecule has 0 atom stereocenters.